The molecule has 4 rings (SSSR count). The summed E-state index contributed by atoms with van der Waals surface area (Å²) in [6.45, 7) is 7.43. The normalized spacial score (nSPS) is 32.6. The van der Waals surface area contributed by atoms with Crippen molar-refractivity contribution in [1.29, 1.82) is 0 Å². The van der Waals surface area contributed by atoms with Gasteiger partial charge in [0, 0.05) is 4.75 Å². The van der Waals surface area contributed by atoms with Crippen LogP contribution in [0.15, 0.2) is 30.3 Å². The zero-order chi connectivity index (χ0) is 19.7. The van der Waals surface area contributed by atoms with E-state index in [0.717, 1.165) is 5.56 Å². The largest absolute Gasteiger partial charge is 1.00 e. The van der Waals surface area contributed by atoms with Crippen LogP contribution in [0.4, 0.5) is 0 Å². The number of fused-ring (bicyclic) bond motifs is 1. The quantitative estimate of drug-likeness (QED) is 0.450. The Bertz CT molecular complexity index is 838. The SMILES string of the molecule is CC1(C)S[C@@H]2[C@H](N3C(=O)C(c4ccccc4)NC3(C)C)C(=O)N2[C@H]1C(=O)O.[H-].[K+]. The molecule has 0 saturated carbocycles. The number of carbonyl (C=O) groups is 3. The minimum absolute atomic E-state index is 0. The number of amides is 2. The molecule has 1 aromatic rings. The average molecular weight is 430 g/mol. The van der Waals surface area contributed by atoms with E-state index in [1.807, 2.05) is 58.0 Å². The van der Waals surface area contributed by atoms with Crippen molar-refractivity contribution in [3.8, 4) is 0 Å². The Morgan fingerprint density at radius 1 is 1.14 bits per heavy atom. The second-order valence-electron chi connectivity index (χ2n) is 8.30. The fourth-order valence-corrected chi connectivity index (χ4v) is 6.16. The molecule has 4 atom stereocenters. The number of aliphatic carboxylic acids is 1. The molecule has 0 aromatic heterocycles. The number of nitrogens with one attached hydrogen (secondary N) is 1. The summed E-state index contributed by atoms with van der Waals surface area (Å²) in [6, 6.07) is 7.37. The minimum atomic E-state index is -1.01. The van der Waals surface area contributed by atoms with Crippen LogP contribution in [-0.4, -0.2) is 60.6 Å². The van der Waals surface area contributed by atoms with Crippen molar-refractivity contribution < 1.29 is 72.3 Å². The van der Waals surface area contributed by atoms with Gasteiger partial charge >= 0.3 is 57.4 Å². The first-order valence-corrected chi connectivity index (χ1v) is 9.83. The van der Waals surface area contributed by atoms with Gasteiger partial charge in [-0.25, -0.2) is 4.79 Å². The first-order chi connectivity index (χ1) is 12.6. The Hall–Kier alpha value is -0.424. The molecule has 28 heavy (non-hydrogen) atoms. The summed E-state index contributed by atoms with van der Waals surface area (Å²) in [5.74, 6) is -1.45. The number of rotatable bonds is 3. The van der Waals surface area contributed by atoms with E-state index in [9.17, 15) is 19.5 Å². The van der Waals surface area contributed by atoms with Gasteiger partial charge in [0.1, 0.15) is 23.5 Å². The van der Waals surface area contributed by atoms with Gasteiger partial charge in [0.2, 0.25) is 11.8 Å². The third-order valence-corrected chi connectivity index (χ3v) is 7.20. The van der Waals surface area contributed by atoms with Gasteiger partial charge < -0.3 is 16.3 Å². The molecule has 3 aliphatic rings. The fraction of sp³-hybridized carbons (Fsp3) is 0.526. The molecular formula is C19H24KN3O4S. The molecule has 146 valence electrons. The smallest absolute Gasteiger partial charge is 1.00 e. The summed E-state index contributed by atoms with van der Waals surface area (Å²) in [6.07, 6.45) is 0. The van der Waals surface area contributed by atoms with Crippen molar-refractivity contribution in [1.82, 2.24) is 15.1 Å². The molecule has 3 fully saturated rings. The maximum Gasteiger partial charge on any atom is 1.00 e. The summed E-state index contributed by atoms with van der Waals surface area (Å²) in [4.78, 5) is 40.9. The number of nitrogens with zero attached hydrogens (tertiary/aromatic N) is 2. The molecule has 1 unspecified atom stereocenters. The van der Waals surface area contributed by atoms with Crippen LogP contribution in [-0.2, 0) is 14.4 Å². The standard InChI is InChI=1S/C19H23N3O4S.K.H/c1-18(2)13(17(25)26)21-15(24)12(16(21)27-18)22-14(23)11(20-19(22,3)4)10-8-6-5-7-9-10;;/h5-9,11-13,16,20H,1-4H3,(H,25,26);;/q;+1;-1/t11?,12-,13+,16-;;/m1../s1. The summed E-state index contributed by atoms with van der Waals surface area (Å²) in [7, 11) is 0. The zero-order valence-electron chi connectivity index (χ0n) is 17.7. The van der Waals surface area contributed by atoms with Crippen molar-refractivity contribution in [2.45, 2.75) is 61.6 Å². The van der Waals surface area contributed by atoms with E-state index >= 15 is 0 Å². The van der Waals surface area contributed by atoms with Crippen molar-refractivity contribution in [2.75, 3.05) is 0 Å². The van der Waals surface area contributed by atoms with Crippen LogP contribution < -0.4 is 56.7 Å². The van der Waals surface area contributed by atoms with Crippen molar-refractivity contribution in [3.05, 3.63) is 35.9 Å². The van der Waals surface area contributed by atoms with E-state index in [0.29, 0.717) is 0 Å². The number of benzene rings is 1. The molecule has 0 spiro atoms. The summed E-state index contributed by atoms with van der Waals surface area (Å²) >= 11 is 1.46. The predicted octanol–water partition coefficient (Wildman–Crippen LogP) is -1.47. The van der Waals surface area contributed by atoms with Gasteiger partial charge in [0.15, 0.2) is 0 Å². The summed E-state index contributed by atoms with van der Waals surface area (Å²) < 4.78 is -0.611. The first kappa shape index (κ1) is 22.3. The third kappa shape index (κ3) is 3.19. The first-order valence-electron chi connectivity index (χ1n) is 8.95. The maximum absolute atomic E-state index is 13.2. The summed E-state index contributed by atoms with van der Waals surface area (Å²) in [5, 5.41) is 12.6. The average Bonchev–Trinajstić information content (AvgIpc) is 2.98. The number of hydrogen-bond acceptors (Lipinski definition) is 5. The summed E-state index contributed by atoms with van der Waals surface area (Å²) in [5.41, 5.74) is 0.139. The maximum atomic E-state index is 13.2. The van der Waals surface area contributed by atoms with E-state index in [1.54, 1.807) is 4.90 Å². The molecule has 7 nitrogen and oxygen atoms in total. The van der Waals surface area contributed by atoms with Gasteiger partial charge in [-0.3, -0.25) is 14.9 Å². The number of carbonyl (C=O) groups excluding carboxylic acids is 2. The second-order valence-corrected chi connectivity index (χ2v) is 10.1. The zero-order valence-corrected chi connectivity index (χ0v) is 20.6. The Morgan fingerprint density at radius 2 is 1.75 bits per heavy atom. The van der Waals surface area contributed by atoms with Gasteiger partial charge in [-0.2, -0.15) is 0 Å². The van der Waals surface area contributed by atoms with Crippen LogP contribution in [0.2, 0.25) is 0 Å². The van der Waals surface area contributed by atoms with Crippen LogP contribution in [0.25, 0.3) is 0 Å². The monoisotopic (exact) mass is 429 g/mol. The van der Waals surface area contributed by atoms with Crippen LogP contribution in [0.5, 0.6) is 0 Å². The molecule has 3 heterocycles. The van der Waals surface area contributed by atoms with Crippen molar-refractivity contribution >= 4 is 29.5 Å². The van der Waals surface area contributed by atoms with Crippen LogP contribution in [0.1, 0.15) is 40.7 Å². The van der Waals surface area contributed by atoms with E-state index in [1.165, 1.54) is 16.7 Å². The van der Waals surface area contributed by atoms with E-state index < -0.39 is 34.5 Å². The second kappa shape index (κ2) is 7.37. The predicted molar refractivity (Wildman–Crippen MR) is 102 cm³/mol. The number of β-lactam (4-membered cyclic amide) rings is 1. The molecule has 3 aliphatic heterocycles. The number of carboxylic acid groups (broad SMARTS) is 1. The number of thioether (sulfide) groups is 1. The fourth-order valence-electron chi connectivity index (χ4n) is 4.49. The van der Waals surface area contributed by atoms with Crippen molar-refractivity contribution in [2.24, 2.45) is 0 Å². The Kier molecular flexibility index (Phi) is 5.86. The van der Waals surface area contributed by atoms with E-state index in [4.69, 9.17) is 0 Å². The molecule has 1 aromatic carbocycles. The topological polar surface area (TPSA) is 90.0 Å². The Morgan fingerprint density at radius 3 is 2.32 bits per heavy atom. The number of hydrogen-bond donors (Lipinski definition) is 2. The number of carboxylic acids is 1. The third-order valence-electron chi connectivity index (χ3n) is 5.64. The van der Waals surface area contributed by atoms with Crippen LogP contribution in [0, 0.1) is 0 Å². The molecule has 2 amide bonds. The molecule has 9 heteroatoms. The van der Waals surface area contributed by atoms with Crippen molar-refractivity contribution in [3.63, 3.8) is 0 Å². The van der Waals surface area contributed by atoms with Gasteiger partial charge in [0.25, 0.3) is 0 Å². The van der Waals surface area contributed by atoms with Crippen LogP contribution >= 0.6 is 11.8 Å². The molecule has 0 radical (unpaired) electrons. The van der Waals surface area contributed by atoms with E-state index in [2.05, 4.69) is 5.32 Å². The van der Waals surface area contributed by atoms with Gasteiger partial charge in [0.05, 0.1) is 5.66 Å². The molecule has 0 aliphatic carbocycles. The van der Waals surface area contributed by atoms with Gasteiger partial charge in [-0.05, 0) is 33.3 Å². The van der Waals surface area contributed by atoms with Crippen LogP contribution in [0.3, 0.4) is 0 Å². The molecule has 2 N–H and O–H groups in total. The van der Waals surface area contributed by atoms with E-state index in [-0.39, 0.29) is 70.0 Å². The van der Waals surface area contributed by atoms with Gasteiger partial charge in [-0.1, -0.05) is 30.3 Å². The van der Waals surface area contributed by atoms with Gasteiger partial charge in [-0.15, -0.1) is 11.8 Å². The minimum Gasteiger partial charge on any atom is -1.00 e. The Balaban J connectivity index is 0.00000150. The Labute approximate surface area is 212 Å². The molecule has 3 saturated heterocycles. The molecular weight excluding hydrogens is 405 g/mol. The molecule has 0 bridgehead atoms.